The number of carbonyl (C=O) groups excluding carboxylic acids is 1. The lowest BCUT2D eigenvalue weighted by atomic mass is 10.1. The average Bonchev–Trinajstić information content (AvgIpc) is 3.00. The molecule has 5 nitrogen and oxygen atoms in total. The van der Waals surface area contributed by atoms with Crippen molar-refractivity contribution in [3.05, 3.63) is 56.7 Å². The van der Waals surface area contributed by atoms with Crippen LogP contribution < -0.4 is 15.9 Å². The van der Waals surface area contributed by atoms with E-state index < -0.39 is 0 Å². The molecule has 122 valence electrons. The minimum absolute atomic E-state index is 0.124. The largest absolute Gasteiger partial charge is 0.298 e. The molecule has 0 saturated heterocycles. The van der Waals surface area contributed by atoms with Crippen LogP contribution in [0.25, 0.3) is 5.70 Å². The number of carbonyl (C=O) groups is 1. The number of fused-ring (bicyclic) bond motifs is 2. The van der Waals surface area contributed by atoms with Crippen LogP contribution in [0.15, 0.2) is 46.5 Å². The molecule has 0 saturated carbocycles. The van der Waals surface area contributed by atoms with Crippen LogP contribution in [0.2, 0.25) is 0 Å². The van der Waals surface area contributed by atoms with Gasteiger partial charge in [0.05, 0.1) is 10.2 Å². The number of rotatable bonds is 2. The topological polar surface area (TPSA) is 57.1 Å². The predicted octanol–water partition coefficient (Wildman–Crippen LogP) is 1.95. The highest BCUT2D eigenvalue weighted by molar-refractivity contribution is 8.13. The second-order valence-electron chi connectivity index (χ2n) is 5.45. The predicted molar refractivity (Wildman–Crippen MR) is 98.0 cm³/mol. The number of benzene rings is 1. The molecule has 2 aliphatic heterocycles. The van der Waals surface area contributed by atoms with Crippen molar-refractivity contribution in [2.24, 2.45) is 10.1 Å². The Bertz CT molecular complexity index is 963. The molecule has 1 aromatic heterocycles. The molecule has 2 aromatic rings. The molecule has 1 amide bonds. The summed E-state index contributed by atoms with van der Waals surface area (Å²) >= 11 is 3.20. The van der Waals surface area contributed by atoms with Crippen LogP contribution >= 0.6 is 23.1 Å². The highest BCUT2D eigenvalue weighted by Crippen LogP contribution is 2.34. The van der Waals surface area contributed by atoms with Crippen molar-refractivity contribution in [3.8, 4) is 0 Å². The van der Waals surface area contributed by atoms with Crippen molar-refractivity contribution in [1.29, 1.82) is 0 Å². The van der Waals surface area contributed by atoms with E-state index in [9.17, 15) is 4.79 Å². The molecule has 0 radical (unpaired) electrons. The zero-order valence-corrected chi connectivity index (χ0v) is 14.9. The number of nitrogens with zero attached hydrogens (tertiary/aromatic N) is 3. The molecule has 1 N–H and O–H groups in total. The highest BCUT2D eigenvalue weighted by Gasteiger charge is 2.34. The first-order valence-electron chi connectivity index (χ1n) is 7.73. The van der Waals surface area contributed by atoms with E-state index in [0.717, 1.165) is 21.2 Å². The SMILES string of the molecule is CCSC1=NN2C(=c3ccccc3=NC2c2ccc(C)s2)C(=O)N1. The van der Waals surface area contributed by atoms with Crippen molar-refractivity contribution in [1.82, 2.24) is 10.3 Å². The van der Waals surface area contributed by atoms with Crippen molar-refractivity contribution >= 4 is 39.9 Å². The molecule has 0 aliphatic carbocycles. The van der Waals surface area contributed by atoms with E-state index >= 15 is 0 Å². The Morgan fingerprint density at radius 2 is 2.12 bits per heavy atom. The quantitative estimate of drug-likeness (QED) is 0.895. The first kappa shape index (κ1) is 15.4. The van der Waals surface area contributed by atoms with Gasteiger partial charge in [-0.2, -0.15) is 0 Å². The van der Waals surface area contributed by atoms with E-state index in [2.05, 4.69) is 29.5 Å². The Labute approximate surface area is 147 Å². The lowest BCUT2D eigenvalue weighted by molar-refractivity contribution is -0.116. The monoisotopic (exact) mass is 356 g/mol. The van der Waals surface area contributed by atoms with Crippen LogP contribution in [0.3, 0.4) is 0 Å². The molecular weight excluding hydrogens is 340 g/mol. The molecule has 0 spiro atoms. The van der Waals surface area contributed by atoms with E-state index in [4.69, 9.17) is 4.99 Å². The summed E-state index contributed by atoms with van der Waals surface area (Å²) in [6, 6.07) is 11.9. The van der Waals surface area contributed by atoms with Gasteiger partial charge in [-0.1, -0.05) is 36.9 Å². The van der Waals surface area contributed by atoms with E-state index in [1.54, 1.807) is 16.3 Å². The zero-order chi connectivity index (χ0) is 16.7. The standard InChI is InChI=1S/C17H16N4OS2/c1-3-23-17-19-16(22)14-11-6-4-5-7-12(11)18-15(21(14)20-17)13-9-8-10(2)24-13/h4-9,15H,3H2,1-2H3,(H,19,20,22). The third-order valence-corrected chi connectivity index (χ3v) is 5.60. The Morgan fingerprint density at radius 3 is 2.88 bits per heavy atom. The maximum atomic E-state index is 12.7. The van der Waals surface area contributed by atoms with E-state index in [1.807, 2.05) is 31.2 Å². The zero-order valence-electron chi connectivity index (χ0n) is 13.3. The van der Waals surface area contributed by atoms with Gasteiger partial charge in [0.2, 0.25) is 0 Å². The summed E-state index contributed by atoms with van der Waals surface area (Å²) in [5, 5.41) is 11.6. The number of nitrogens with one attached hydrogen (secondary N) is 1. The number of aryl methyl sites for hydroxylation is 1. The lowest BCUT2D eigenvalue weighted by Crippen LogP contribution is -2.50. The summed E-state index contributed by atoms with van der Waals surface area (Å²) in [5.41, 5.74) is 0.567. The fraction of sp³-hybridized carbons (Fsp3) is 0.235. The number of hydrogen-bond donors (Lipinski definition) is 1. The lowest BCUT2D eigenvalue weighted by Gasteiger charge is -2.33. The smallest absolute Gasteiger partial charge is 0.276 e. The summed E-state index contributed by atoms with van der Waals surface area (Å²) in [7, 11) is 0. The molecule has 1 atom stereocenters. The van der Waals surface area contributed by atoms with Crippen LogP contribution in [0.1, 0.15) is 22.8 Å². The van der Waals surface area contributed by atoms with Crippen LogP contribution in [-0.2, 0) is 4.79 Å². The number of thiophene rings is 1. The van der Waals surface area contributed by atoms with Gasteiger partial charge in [0.25, 0.3) is 5.91 Å². The Hall–Kier alpha value is -2.12. The molecule has 0 bridgehead atoms. The Balaban J connectivity index is 1.95. The second-order valence-corrected chi connectivity index (χ2v) is 8.03. The summed E-state index contributed by atoms with van der Waals surface area (Å²) in [6.07, 6.45) is -0.299. The molecule has 2 aliphatic rings. The minimum atomic E-state index is -0.299. The van der Waals surface area contributed by atoms with Gasteiger partial charge in [-0.05, 0) is 30.9 Å². The number of para-hydroxylation sites is 1. The van der Waals surface area contributed by atoms with Gasteiger partial charge in [0.1, 0.15) is 5.70 Å². The van der Waals surface area contributed by atoms with Gasteiger partial charge in [0.15, 0.2) is 11.3 Å². The van der Waals surface area contributed by atoms with Crippen LogP contribution in [0, 0.1) is 6.92 Å². The van der Waals surface area contributed by atoms with Crippen LogP contribution in [0.5, 0.6) is 0 Å². The minimum Gasteiger partial charge on any atom is -0.298 e. The molecule has 4 rings (SSSR count). The number of amidine groups is 1. The third kappa shape index (κ3) is 2.53. The number of hydrazone groups is 1. The molecule has 1 aromatic carbocycles. The Kier molecular flexibility index (Phi) is 3.90. The normalized spacial score (nSPS) is 19.2. The fourth-order valence-electron chi connectivity index (χ4n) is 2.81. The first-order valence-corrected chi connectivity index (χ1v) is 9.53. The van der Waals surface area contributed by atoms with Gasteiger partial charge in [-0.15, -0.1) is 16.4 Å². The highest BCUT2D eigenvalue weighted by atomic mass is 32.2. The second kappa shape index (κ2) is 6.07. The maximum Gasteiger partial charge on any atom is 0.276 e. The van der Waals surface area contributed by atoms with E-state index in [1.165, 1.54) is 16.6 Å². The van der Waals surface area contributed by atoms with E-state index in [0.29, 0.717) is 10.9 Å². The molecular formula is C17H16N4OS2. The molecule has 24 heavy (non-hydrogen) atoms. The Morgan fingerprint density at radius 1 is 1.29 bits per heavy atom. The van der Waals surface area contributed by atoms with Crippen molar-refractivity contribution < 1.29 is 4.79 Å². The molecule has 3 heterocycles. The summed E-state index contributed by atoms with van der Waals surface area (Å²) in [6.45, 7) is 4.11. The first-order chi connectivity index (χ1) is 11.7. The molecule has 7 heteroatoms. The van der Waals surface area contributed by atoms with Crippen molar-refractivity contribution in [3.63, 3.8) is 0 Å². The van der Waals surface area contributed by atoms with Gasteiger partial charge < -0.3 is 0 Å². The van der Waals surface area contributed by atoms with E-state index in [-0.39, 0.29) is 12.1 Å². The number of thioether (sulfide) groups is 1. The third-order valence-electron chi connectivity index (χ3n) is 3.81. The maximum absolute atomic E-state index is 12.7. The van der Waals surface area contributed by atoms with Gasteiger partial charge in [-0.25, -0.2) is 5.01 Å². The summed E-state index contributed by atoms with van der Waals surface area (Å²) in [4.78, 5) is 19.9. The summed E-state index contributed by atoms with van der Waals surface area (Å²) in [5.74, 6) is 0.722. The number of hydrogen-bond acceptors (Lipinski definition) is 6. The van der Waals surface area contributed by atoms with Gasteiger partial charge in [-0.3, -0.25) is 15.1 Å². The number of amides is 1. The van der Waals surface area contributed by atoms with Gasteiger partial charge >= 0.3 is 0 Å². The van der Waals surface area contributed by atoms with Crippen LogP contribution in [0.4, 0.5) is 0 Å². The molecule has 0 fully saturated rings. The van der Waals surface area contributed by atoms with Crippen molar-refractivity contribution in [2.75, 3.05) is 5.75 Å². The summed E-state index contributed by atoms with van der Waals surface area (Å²) < 4.78 is 0. The fourth-order valence-corrected chi connectivity index (χ4v) is 4.29. The van der Waals surface area contributed by atoms with Crippen LogP contribution in [-0.4, -0.2) is 21.8 Å². The average molecular weight is 356 g/mol. The van der Waals surface area contributed by atoms with Gasteiger partial charge in [0, 0.05) is 10.1 Å². The van der Waals surface area contributed by atoms with Crippen molar-refractivity contribution in [2.45, 2.75) is 20.0 Å². The molecule has 1 unspecified atom stereocenters.